The van der Waals surface area contributed by atoms with Gasteiger partial charge in [-0.05, 0) is 69.5 Å². The van der Waals surface area contributed by atoms with Gasteiger partial charge in [-0.15, -0.1) is 0 Å². The van der Waals surface area contributed by atoms with E-state index >= 15 is 0 Å². The lowest BCUT2D eigenvalue weighted by Gasteiger charge is -2.34. The zero-order chi connectivity index (χ0) is 26.0. The van der Waals surface area contributed by atoms with Gasteiger partial charge in [0.25, 0.3) is 5.91 Å². The predicted molar refractivity (Wildman–Crippen MR) is 141 cm³/mol. The van der Waals surface area contributed by atoms with E-state index in [9.17, 15) is 9.59 Å². The zero-order valence-corrected chi connectivity index (χ0v) is 21.4. The molecule has 1 aliphatic heterocycles. The van der Waals surface area contributed by atoms with Gasteiger partial charge >= 0.3 is 6.09 Å². The molecule has 3 aromatic heterocycles. The number of rotatable bonds is 5. The molecule has 2 amide bonds. The highest BCUT2D eigenvalue weighted by atomic mass is 16.6. The van der Waals surface area contributed by atoms with Gasteiger partial charge in [0.1, 0.15) is 11.1 Å². The van der Waals surface area contributed by atoms with Crippen molar-refractivity contribution in [3.8, 4) is 5.69 Å². The fraction of sp³-hybridized carbons (Fsp3) is 0.357. The van der Waals surface area contributed by atoms with Crippen LogP contribution in [0.4, 0.5) is 4.79 Å². The molecule has 0 aliphatic carbocycles. The van der Waals surface area contributed by atoms with E-state index in [1.165, 1.54) is 0 Å². The summed E-state index contributed by atoms with van der Waals surface area (Å²) in [6.07, 6.45) is 8.49. The number of fused-ring (bicyclic) bond motifs is 1. The van der Waals surface area contributed by atoms with Crippen LogP contribution in [0.2, 0.25) is 0 Å². The standard InChI is InChI=1S/C28H32N6O3/c1-28(2,3)37-27(36)32-15-5-7-21(18-32)31-26(35)23-19-33(24-8-4-13-29-25(23)24)17-20-9-11-22(12-10-20)34-16-6-14-30-34/h4,6,8-14,16,19,21H,5,7,15,17-18H2,1-3H3,(H,31,35). The molecule has 5 rings (SSSR count). The lowest BCUT2D eigenvalue weighted by molar-refractivity contribution is 0.0185. The Kier molecular flexibility index (Phi) is 6.69. The van der Waals surface area contributed by atoms with Crippen LogP contribution in [-0.4, -0.2) is 61.0 Å². The third-order valence-corrected chi connectivity index (χ3v) is 6.35. The fourth-order valence-corrected chi connectivity index (χ4v) is 4.64. The summed E-state index contributed by atoms with van der Waals surface area (Å²) in [6.45, 7) is 7.21. The average molecular weight is 501 g/mol. The molecular formula is C28H32N6O3. The molecule has 1 unspecified atom stereocenters. The first kappa shape index (κ1) is 24.5. The maximum absolute atomic E-state index is 13.4. The van der Waals surface area contributed by atoms with Crippen LogP contribution in [0.1, 0.15) is 49.5 Å². The van der Waals surface area contributed by atoms with E-state index in [0.717, 1.165) is 29.6 Å². The van der Waals surface area contributed by atoms with Crippen molar-refractivity contribution < 1.29 is 14.3 Å². The molecule has 0 bridgehead atoms. The molecular weight excluding hydrogens is 468 g/mol. The van der Waals surface area contributed by atoms with Crippen molar-refractivity contribution in [2.24, 2.45) is 0 Å². The topological polar surface area (TPSA) is 94.3 Å². The van der Waals surface area contributed by atoms with Crippen LogP contribution in [0.25, 0.3) is 16.7 Å². The maximum atomic E-state index is 13.4. The third kappa shape index (κ3) is 5.66. The normalized spacial score (nSPS) is 16.1. The molecule has 0 radical (unpaired) electrons. The molecule has 9 nitrogen and oxygen atoms in total. The Morgan fingerprint density at radius 3 is 2.65 bits per heavy atom. The number of pyridine rings is 1. The Morgan fingerprint density at radius 1 is 1.11 bits per heavy atom. The monoisotopic (exact) mass is 500 g/mol. The molecule has 192 valence electrons. The summed E-state index contributed by atoms with van der Waals surface area (Å²) in [5.41, 5.74) is 3.61. The van der Waals surface area contributed by atoms with Crippen molar-refractivity contribution in [2.75, 3.05) is 13.1 Å². The van der Waals surface area contributed by atoms with Crippen LogP contribution >= 0.6 is 0 Å². The van der Waals surface area contributed by atoms with E-state index in [-0.39, 0.29) is 18.0 Å². The Morgan fingerprint density at radius 2 is 1.92 bits per heavy atom. The number of likely N-dealkylation sites (tertiary alicyclic amines) is 1. The first-order chi connectivity index (χ1) is 17.8. The fourth-order valence-electron chi connectivity index (χ4n) is 4.64. The Balaban J connectivity index is 1.31. The van der Waals surface area contributed by atoms with E-state index in [4.69, 9.17) is 4.74 Å². The molecule has 1 aromatic carbocycles. The number of carbonyl (C=O) groups excluding carboxylic acids is 2. The number of piperidine rings is 1. The quantitative estimate of drug-likeness (QED) is 0.438. The van der Waals surface area contributed by atoms with Gasteiger partial charge in [-0.25, -0.2) is 9.48 Å². The molecule has 4 heterocycles. The second-order valence-corrected chi connectivity index (χ2v) is 10.4. The summed E-state index contributed by atoms with van der Waals surface area (Å²) >= 11 is 0. The lowest BCUT2D eigenvalue weighted by atomic mass is 10.1. The molecule has 9 heteroatoms. The van der Waals surface area contributed by atoms with Crippen LogP contribution in [0.3, 0.4) is 0 Å². The van der Waals surface area contributed by atoms with E-state index in [1.807, 2.05) is 72.7 Å². The van der Waals surface area contributed by atoms with E-state index in [2.05, 4.69) is 27.5 Å². The number of nitrogens with zero attached hydrogens (tertiary/aromatic N) is 5. The molecule has 1 atom stereocenters. The van der Waals surface area contributed by atoms with E-state index in [0.29, 0.717) is 30.7 Å². The summed E-state index contributed by atoms with van der Waals surface area (Å²) in [6, 6.07) is 13.8. The van der Waals surface area contributed by atoms with E-state index < -0.39 is 5.60 Å². The second kappa shape index (κ2) is 10.1. The average Bonchev–Trinajstić information content (AvgIpc) is 3.53. The number of hydrogen-bond donors (Lipinski definition) is 1. The number of nitrogens with one attached hydrogen (secondary N) is 1. The number of hydrogen-bond acceptors (Lipinski definition) is 5. The van der Waals surface area contributed by atoms with Gasteiger partial charge in [0, 0.05) is 50.5 Å². The number of amides is 2. The van der Waals surface area contributed by atoms with Crippen molar-refractivity contribution >= 4 is 23.0 Å². The molecule has 4 aromatic rings. The smallest absolute Gasteiger partial charge is 0.410 e. The summed E-state index contributed by atoms with van der Waals surface area (Å²) in [4.78, 5) is 32.1. The van der Waals surface area contributed by atoms with Crippen LogP contribution in [-0.2, 0) is 11.3 Å². The lowest BCUT2D eigenvalue weighted by Crippen LogP contribution is -2.50. The Labute approximate surface area is 216 Å². The minimum Gasteiger partial charge on any atom is -0.444 e. The molecule has 37 heavy (non-hydrogen) atoms. The van der Waals surface area contributed by atoms with Gasteiger partial charge in [-0.2, -0.15) is 5.10 Å². The highest BCUT2D eigenvalue weighted by molar-refractivity contribution is 6.05. The SMILES string of the molecule is CC(C)(C)OC(=O)N1CCCC(NC(=O)c2cn(Cc3ccc(-n4cccn4)cc3)c3cccnc23)C1. The summed E-state index contributed by atoms with van der Waals surface area (Å²) in [7, 11) is 0. The zero-order valence-electron chi connectivity index (χ0n) is 21.4. The number of carbonyl (C=O) groups is 2. The Bertz CT molecular complexity index is 1390. The van der Waals surface area contributed by atoms with Gasteiger partial charge in [0.2, 0.25) is 0 Å². The summed E-state index contributed by atoms with van der Waals surface area (Å²) in [5, 5.41) is 7.40. The van der Waals surface area contributed by atoms with Gasteiger partial charge in [-0.1, -0.05) is 12.1 Å². The van der Waals surface area contributed by atoms with Crippen molar-refractivity contribution in [3.63, 3.8) is 0 Å². The van der Waals surface area contributed by atoms with Gasteiger partial charge < -0.3 is 19.5 Å². The number of aromatic nitrogens is 4. The molecule has 1 N–H and O–H groups in total. The minimum atomic E-state index is -0.555. The van der Waals surface area contributed by atoms with Gasteiger partial charge in [0.15, 0.2) is 0 Å². The van der Waals surface area contributed by atoms with E-state index in [1.54, 1.807) is 17.3 Å². The number of ether oxygens (including phenoxy) is 1. The molecule has 1 fully saturated rings. The highest BCUT2D eigenvalue weighted by Gasteiger charge is 2.29. The molecule has 0 saturated carbocycles. The third-order valence-electron chi connectivity index (χ3n) is 6.35. The van der Waals surface area contributed by atoms with Crippen molar-refractivity contribution in [1.29, 1.82) is 0 Å². The minimum absolute atomic E-state index is 0.147. The van der Waals surface area contributed by atoms with Crippen LogP contribution in [0.15, 0.2) is 67.3 Å². The molecule has 1 aliphatic rings. The highest BCUT2D eigenvalue weighted by Crippen LogP contribution is 2.22. The second-order valence-electron chi connectivity index (χ2n) is 10.4. The van der Waals surface area contributed by atoms with Crippen LogP contribution < -0.4 is 5.32 Å². The van der Waals surface area contributed by atoms with Crippen molar-refractivity contribution in [2.45, 2.75) is 51.8 Å². The predicted octanol–water partition coefficient (Wildman–Crippen LogP) is 4.40. The number of benzene rings is 1. The largest absolute Gasteiger partial charge is 0.444 e. The maximum Gasteiger partial charge on any atom is 0.410 e. The van der Waals surface area contributed by atoms with Gasteiger partial charge in [0.05, 0.1) is 16.8 Å². The summed E-state index contributed by atoms with van der Waals surface area (Å²) < 4.78 is 9.38. The van der Waals surface area contributed by atoms with Crippen LogP contribution in [0.5, 0.6) is 0 Å². The summed E-state index contributed by atoms with van der Waals surface area (Å²) in [5.74, 6) is -0.187. The van der Waals surface area contributed by atoms with Gasteiger partial charge in [-0.3, -0.25) is 9.78 Å². The van der Waals surface area contributed by atoms with Crippen molar-refractivity contribution in [3.05, 3.63) is 78.4 Å². The van der Waals surface area contributed by atoms with Crippen molar-refractivity contribution in [1.82, 2.24) is 29.5 Å². The molecule has 1 saturated heterocycles. The first-order valence-electron chi connectivity index (χ1n) is 12.6. The Hall–Kier alpha value is -4.14. The molecule has 0 spiro atoms. The van der Waals surface area contributed by atoms with Crippen LogP contribution in [0, 0.1) is 0 Å². The first-order valence-corrected chi connectivity index (χ1v) is 12.6.